The molecule has 0 radical (unpaired) electrons. The first kappa shape index (κ1) is 14.9. The van der Waals surface area contributed by atoms with E-state index >= 15 is 0 Å². The summed E-state index contributed by atoms with van der Waals surface area (Å²) in [6.07, 6.45) is 0. The van der Waals surface area contributed by atoms with Gasteiger partial charge in [-0.05, 0) is 36.8 Å². The van der Waals surface area contributed by atoms with E-state index in [4.69, 9.17) is 9.47 Å². The second-order valence-electron chi connectivity index (χ2n) is 4.75. The van der Waals surface area contributed by atoms with Crippen molar-refractivity contribution in [3.05, 3.63) is 53.6 Å². The molecule has 1 N–H and O–H groups in total. The lowest BCUT2D eigenvalue weighted by atomic mass is 10.1. The van der Waals surface area contributed by atoms with E-state index in [1.54, 1.807) is 7.11 Å². The van der Waals surface area contributed by atoms with E-state index < -0.39 is 0 Å². The molecule has 0 aliphatic carbocycles. The number of nitrogens with one attached hydrogen (secondary N) is 1. The molecule has 0 bridgehead atoms. The van der Waals surface area contributed by atoms with Gasteiger partial charge < -0.3 is 14.8 Å². The van der Waals surface area contributed by atoms with Gasteiger partial charge in [0.05, 0.1) is 7.11 Å². The molecular formula is C17H19NO3. The lowest BCUT2D eigenvalue weighted by molar-refractivity contribution is -0.114. The van der Waals surface area contributed by atoms with Gasteiger partial charge in [0.1, 0.15) is 18.1 Å². The molecule has 0 heterocycles. The zero-order valence-electron chi connectivity index (χ0n) is 12.5. The van der Waals surface area contributed by atoms with Crippen LogP contribution in [0.25, 0.3) is 0 Å². The summed E-state index contributed by atoms with van der Waals surface area (Å²) in [5.74, 6) is 1.46. The third kappa shape index (κ3) is 3.99. The van der Waals surface area contributed by atoms with Crippen LogP contribution in [0, 0.1) is 6.92 Å². The highest BCUT2D eigenvalue weighted by Gasteiger charge is 2.06. The molecule has 0 saturated heterocycles. The van der Waals surface area contributed by atoms with Crippen molar-refractivity contribution in [3.8, 4) is 11.5 Å². The fourth-order valence-electron chi connectivity index (χ4n) is 2.02. The Kier molecular flexibility index (Phi) is 4.82. The van der Waals surface area contributed by atoms with Gasteiger partial charge in [0.15, 0.2) is 0 Å². The minimum absolute atomic E-state index is 0.0944. The second-order valence-corrected chi connectivity index (χ2v) is 4.75. The molecule has 0 saturated carbocycles. The Balaban J connectivity index is 2.10. The fourth-order valence-corrected chi connectivity index (χ4v) is 2.02. The Labute approximate surface area is 124 Å². The van der Waals surface area contributed by atoms with E-state index in [-0.39, 0.29) is 5.91 Å². The lowest BCUT2D eigenvalue weighted by Crippen LogP contribution is -2.08. The van der Waals surface area contributed by atoms with Crippen LogP contribution in [0.1, 0.15) is 18.1 Å². The Bertz CT molecular complexity index is 638. The van der Waals surface area contributed by atoms with E-state index in [0.29, 0.717) is 6.61 Å². The molecule has 0 fully saturated rings. The number of rotatable bonds is 5. The summed E-state index contributed by atoms with van der Waals surface area (Å²) in [7, 11) is 1.64. The van der Waals surface area contributed by atoms with Gasteiger partial charge in [-0.2, -0.15) is 0 Å². The first-order chi connectivity index (χ1) is 10.1. The first-order valence-electron chi connectivity index (χ1n) is 6.73. The predicted octanol–water partition coefficient (Wildman–Crippen LogP) is 3.54. The number of carbonyl (C=O) groups excluding carboxylic acids is 1. The van der Waals surface area contributed by atoms with Crippen molar-refractivity contribution in [2.24, 2.45) is 0 Å². The summed E-state index contributed by atoms with van der Waals surface area (Å²) >= 11 is 0. The van der Waals surface area contributed by atoms with Gasteiger partial charge in [0.25, 0.3) is 0 Å². The molecule has 1 amide bonds. The van der Waals surface area contributed by atoms with Crippen molar-refractivity contribution in [2.45, 2.75) is 20.5 Å². The van der Waals surface area contributed by atoms with Gasteiger partial charge in [-0.3, -0.25) is 4.79 Å². The van der Waals surface area contributed by atoms with E-state index in [1.165, 1.54) is 6.92 Å². The molecule has 0 aliphatic rings. The molecule has 2 aromatic carbocycles. The van der Waals surface area contributed by atoms with Gasteiger partial charge in [0, 0.05) is 18.2 Å². The van der Waals surface area contributed by atoms with Crippen molar-refractivity contribution < 1.29 is 14.3 Å². The van der Waals surface area contributed by atoms with E-state index in [2.05, 4.69) is 5.32 Å². The Morgan fingerprint density at radius 3 is 2.67 bits per heavy atom. The zero-order valence-corrected chi connectivity index (χ0v) is 12.5. The molecule has 21 heavy (non-hydrogen) atoms. The lowest BCUT2D eigenvalue weighted by Gasteiger charge is -2.13. The van der Waals surface area contributed by atoms with Crippen molar-refractivity contribution >= 4 is 11.6 Å². The number of carbonyl (C=O) groups is 1. The maximum atomic E-state index is 11.2. The van der Waals surface area contributed by atoms with E-state index in [1.807, 2.05) is 49.4 Å². The predicted molar refractivity (Wildman–Crippen MR) is 82.8 cm³/mol. The number of amides is 1. The third-order valence-electron chi connectivity index (χ3n) is 3.12. The number of hydrogen-bond donors (Lipinski definition) is 1. The Morgan fingerprint density at radius 2 is 1.95 bits per heavy atom. The van der Waals surface area contributed by atoms with E-state index in [9.17, 15) is 4.79 Å². The first-order valence-corrected chi connectivity index (χ1v) is 6.73. The van der Waals surface area contributed by atoms with Crippen LogP contribution in [0.2, 0.25) is 0 Å². The van der Waals surface area contributed by atoms with Crippen LogP contribution in [-0.2, 0) is 11.4 Å². The number of ether oxygens (including phenoxy) is 2. The van der Waals surface area contributed by atoms with Crippen LogP contribution in [0.4, 0.5) is 5.69 Å². The minimum atomic E-state index is -0.0944. The minimum Gasteiger partial charge on any atom is -0.497 e. The van der Waals surface area contributed by atoms with Crippen molar-refractivity contribution in [2.75, 3.05) is 12.4 Å². The molecule has 4 heteroatoms. The highest BCUT2D eigenvalue weighted by atomic mass is 16.5. The third-order valence-corrected chi connectivity index (χ3v) is 3.12. The molecule has 0 unspecified atom stereocenters. The van der Waals surface area contributed by atoms with Gasteiger partial charge in [0.2, 0.25) is 5.91 Å². The Morgan fingerprint density at radius 1 is 1.19 bits per heavy atom. The topological polar surface area (TPSA) is 47.6 Å². The highest BCUT2D eigenvalue weighted by molar-refractivity contribution is 5.89. The summed E-state index contributed by atoms with van der Waals surface area (Å²) < 4.78 is 11.0. The standard InChI is InChI=1S/C17H19NO3/c1-12-16(18-13(2)19)8-5-9-17(12)21-11-14-6-4-7-15(10-14)20-3/h4-10H,11H2,1-3H3,(H,18,19). The summed E-state index contributed by atoms with van der Waals surface area (Å²) in [5, 5.41) is 2.79. The maximum Gasteiger partial charge on any atom is 0.221 e. The van der Waals surface area contributed by atoms with Crippen LogP contribution >= 0.6 is 0 Å². The van der Waals surface area contributed by atoms with Gasteiger partial charge in [-0.25, -0.2) is 0 Å². The summed E-state index contributed by atoms with van der Waals surface area (Å²) in [4.78, 5) is 11.2. The molecule has 0 atom stereocenters. The normalized spacial score (nSPS) is 10.0. The fraction of sp³-hybridized carbons (Fsp3) is 0.235. The second kappa shape index (κ2) is 6.79. The van der Waals surface area contributed by atoms with Gasteiger partial charge in [-0.1, -0.05) is 18.2 Å². The zero-order chi connectivity index (χ0) is 15.2. The molecule has 110 valence electrons. The monoisotopic (exact) mass is 285 g/mol. The molecular weight excluding hydrogens is 266 g/mol. The van der Waals surface area contributed by atoms with Crippen LogP contribution in [0.3, 0.4) is 0 Å². The SMILES string of the molecule is COc1cccc(COc2cccc(NC(C)=O)c2C)c1. The quantitative estimate of drug-likeness (QED) is 0.914. The molecule has 2 aromatic rings. The molecule has 4 nitrogen and oxygen atoms in total. The van der Waals surface area contributed by atoms with Crippen LogP contribution < -0.4 is 14.8 Å². The average molecular weight is 285 g/mol. The van der Waals surface area contributed by atoms with E-state index in [0.717, 1.165) is 28.3 Å². The largest absolute Gasteiger partial charge is 0.497 e. The number of methoxy groups -OCH3 is 1. The molecule has 0 aliphatic heterocycles. The summed E-state index contributed by atoms with van der Waals surface area (Å²) in [5.41, 5.74) is 2.71. The smallest absolute Gasteiger partial charge is 0.221 e. The maximum absolute atomic E-state index is 11.2. The molecule has 0 spiro atoms. The van der Waals surface area contributed by atoms with Crippen LogP contribution in [-0.4, -0.2) is 13.0 Å². The van der Waals surface area contributed by atoms with Gasteiger partial charge in [-0.15, -0.1) is 0 Å². The summed E-state index contributed by atoms with van der Waals surface area (Å²) in [6, 6.07) is 13.3. The summed E-state index contributed by atoms with van der Waals surface area (Å²) in [6.45, 7) is 3.86. The van der Waals surface area contributed by atoms with Gasteiger partial charge >= 0.3 is 0 Å². The van der Waals surface area contributed by atoms with Crippen molar-refractivity contribution in [1.29, 1.82) is 0 Å². The molecule has 0 aromatic heterocycles. The number of hydrogen-bond acceptors (Lipinski definition) is 3. The average Bonchev–Trinajstić information content (AvgIpc) is 2.48. The number of anilines is 1. The van der Waals surface area contributed by atoms with Crippen LogP contribution in [0.15, 0.2) is 42.5 Å². The van der Waals surface area contributed by atoms with Crippen molar-refractivity contribution in [1.82, 2.24) is 0 Å². The highest BCUT2D eigenvalue weighted by Crippen LogP contribution is 2.26. The molecule has 2 rings (SSSR count). The van der Waals surface area contributed by atoms with Crippen LogP contribution in [0.5, 0.6) is 11.5 Å². The Hall–Kier alpha value is -2.49. The van der Waals surface area contributed by atoms with Crippen molar-refractivity contribution in [3.63, 3.8) is 0 Å². The number of benzene rings is 2.